The molecule has 0 radical (unpaired) electrons. The van der Waals surface area contributed by atoms with E-state index in [-0.39, 0.29) is 28.8 Å². The summed E-state index contributed by atoms with van der Waals surface area (Å²) in [4.78, 5) is 15.2. The molecule has 1 aliphatic heterocycles. The summed E-state index contributed by atoms with van der Waals surface area (Å²) in [6, 6.07) is 4.22. The van der Waals surface area contributed by atoms with Crippen LogP contribution in [0.4, 0.5) is 5.82 Å². The Morgan fingerprint density at radius 2 is 2.05 bits per heavy atom. The van der Waals surface area contributed by atoms with E-state index in [1.54, 1.807) is 0 Å². The van der Waals surface area contributed by atoms with E-state index >= 15 is 0 Å². The molecule has 0 aliphatic carbocycles. The number of hydrogen-bond donors (Lipinski definition) is 1. The number of hydrogen-bond acceptors (Lipinski definition) is 2. The Labute approximate surface area is 136 Å². The smallest absolute Gasteiger partial charge is 0.327 e. The molecular formula is C16H23BrN2O2. The van der Waals surface area contributed by atoms with Gasteiger partial charge in [0.1, 0.15) is 5.71 Å². The maximum atomic E-state index is 10.5. The maximum Gasteiger partial charge on any atom is 0.327 e. The molecule has 0 bridgehead atoms. The Morgan fingerprint density at radius 1 is 1.33 bits per heavy atom. The van der Waals surface area contributed by atoms with E-state index in [1.807, 2.05) is 0 Å². The first-order chi connectivity index (χ1) is 9.43. The second kappa shape index (κ2) is 7.16. The number of aliphatic carboxylic acids is 1. The second-order valence-electron chi connectivity index (χ2n) is 5.97. The number of nitrogens with zero attached hydrogens (tertiary/aromatic N) is 2. The number of aryl methyl sites for hydroxylation is 1. The van der Waals surface area contributed by atoms with E-state index in [2.05, 4.69) is 43.7 Å². The fourth-order valence-corrected chi connectivity index (χ4v) is 2.56. The molecule has 1 aliphatic rings. The Bertz CT molecular complexity index is 553. The highest BCUT2D eigenvalue weighted by molar-refractivity contribution is 5.98. The van der Waals surface area contributed by atoms with Crippen molar-refractivity contribution in [3.63, 3.8) is 0 Å². The van der Waals surface area contributed by atoms with Crippen LogP contribution in [0.3, 0.4) is 0 Å². The van der Waals surface area contributed by atoms with Crippen molar-refractivity contribution in [2.24, 2.45) is 4.99 Å². The fraction of sp³-hybridized carbons (Fsp3) is 0.562. The minimum Gasteiger partial charge on any atom is -1.00 e. The summed E-state index contributed by atoms with van der Waals surface area (Å²) in [5, 5.41) is 8.62. The number of pyridine rings is 1. The number of carboxylic acid groups (broad SMARTS) is 1. The number of aliphatic imine (C=N–C) groups is 1. The van der Waals surface area contributed by atoms with Gasteiger partial charge in [0.05, 0.1) is 23.7 Å². The summed E-state index contributed by atoms with van der Waals surface area (Å²) in [7, 11) is 0. The SMILES string of the molecule is CC1=Nc2c(ccc[n+]2CCCCCC(=O)O)C1(C)C.[Br-]. The maximum absolute atomic E-state index is 10.5. The number of unbranched alkanes of at least 4 members (excludes halogenated alkanes) is 2. The molecule has 2 heterocycles. The molecule has 4 nitrogen and oxygen atoms in total. The highest BCUT2D eigenvalue weighted by Crippen LogP contribution is 2.37. The monoisotopic (exact) mass is 354 g/mol. The van der Waals surface area contributed by atoms with Crippen molar-refractivity contribution < 1.29 is 31.4 Å². The van der Waals surface area contributed by atoms with Crippen LogP contribution in [0.2, 0.25) is 0 Å². The zero-order valence-corrected chi connectivity index (χ0v) is 14.5. The molecule has 1 aromatic rings. The summed E-state index contributed by atoms with van der Waals surface area (Å²) >= 11 is 0. The van der Waals surface area contributed by atoms with Gasteiger partial charge in [0, 0.05) is 6.42 Å². The molecule has 0 spiro atoms. The summed E-state index contributed by atoms with van der Waals surface area (Å²) in [5.41, 5.74) is 2.45. The molecule has 0 aromatic carbocycles. The van der Waals surface area contributed by atoms with Gasteiger partial charge >= 0.3 is 11.8 Å². The molecule has 1 N–H and O–H groups in total. The van der Waals surface area contributed by atoms with E-state index in [0.717, 1.165) is 37.3 Å². The van der Waals surface area contributed by atoms with Gasteiger partial charge in [0.25, 0.3) is 0 Å². The van der Waals surface area contributed by atoms with Crippen molar-refractivity contribution in [3.05, 3.63) is 23.9 Å². The van der Waals surface area contributed by atoms with Gasteiger partial charge < -0.3 is 22.1 Å². The zero-order chi connectivity index (χ0) is 14.8. The van der Waals surface area contributed by atoms with Crippen LogP contribution in [0.25, 0.3) is 0 Å². The van der Waals surface area contributed by atoms with Gasteiger partial charge in [-0.25, -0.2) is 4.57 Å². The molecule has 0 fully saturated rings. The Hall–Kier alpha value is -1.23. The van der Waals surface area contributed by atoms with Crippen molar-refractivity contribution in [3.8, 4) is 0 Å². The highest BCUT2D eigenvalue weighted by Gasteiger charge is 2.40. The second-order valence-corrected chi connectivity index (χ2v) is 5.97. The number of rotatable bonds is 6. The third-order valence-electron chi connectivity index (χ3n) is 4.18. The molecule has 0 saturated heterocycles. The Kier molecular flexibility index (Phi) is 6.08. The number of carboxylic acids is 1. The van der Waals surface area contributed by atoms with Crippen LogP contribution in [-0.4, -0.2) is 16.8 Å². The number of carbonyl (C=O) groups is 1. The first kappa shape index (κ1) is 17.8. The predicted octanol–water partition coefficient (Wildman–Crippen LogP) is 0.00670. The lowest BCUT2D eigenvalue weighted by molar-refractivity contribution is -0.684. The summed E-state index contributed by atoms with van der Waals surface area (Å²) in [6.07, 6.45) is 5.01. The molecule has 1 aromatic heterocycles. The molecule has 116 valence electrons. The molecular weight excluding hydrogens is 332 g/mol. The van der Waals surface area contributed by atoms with Gasteiger partial charge in [-0.1, -0.05) is 0 Å². The Balaban J connectivity index is 0.00000220. The van der Waals surface area contributed by atoms with E-state index in [9.17, 15) is 4.79 Å². The lowest BCUT2D eigenvalue weighted by Gasteiger charge is -2.15. The zero-order valence-electron chi connectivity index (χ0n) is 12.9. The summed E-state index contributed by atoms with van der Waals surface area (Å²) in [5.74, 6) is 0.355. The summed E-state index contributed by atoms with van der Waals surface area (Å²) < 4.78 is 2.19. The van der Waals surface area contributed by atoms with Crippen LogP contribution >= 0.6 is 0 Å². The standard InChI is InChI=1S/C16H22N2O2.BrH/c1-12-16(2,3)13-8-7-11-18(15(13)17-12)10-6-4-5-9-14(19)20;/h7-8,11H,4-6,9-10H2,1-3H3;1H. The van der Waals surface area contributed by atoms with Crippen molar-refractivity contribution in [1.29, 1.82) is 0 Å². The minimum atomic E-state index is -0.708. The molecule has 0 saturated carbocycles. The van der Waals surface area contributed by atoms with Crippen LogP contribution in [0.1, 0.15) is 52.0 Å². The molecule has 0 unspecified atom stereocenters. The van der Waals surface area contributed by atoms with Crippen LogP contribution in [0.15, 0.2) is 23.3 Å². The van der Waals surface area contributed by atoms with Crippen molar-refractivity contribution >= 4 is 17.5 Å². The van der Waals surface area contributed by atoms with Gasteiger partial charge in [-0.05, 0) is 57.2 Å². The molecule has 2 rings (SSSR count). The quantitative estimate of drug-likeness (QED) is 0.577. The minimum absolute atomic E-state index is 0. The number of fused-ring (bicyclic) bond motifs is 1. The summed E-state index contributed by atoms with van der Waals surface area (Å²) in [6.45, 7) is 7.39. The van der Waals surface area contributed by atoms with E-state index in [0.29, 0.717) is 0 Å². The third kappa shape index (κ3) is 3.90. The first-order valence-electron chi connectivity index (χ1n) is 7.23. The van der Waals surface area contributed by atoms with Crippen LogP contribution in [0, 0.1) is 0 Å². The normalized spacial score (nSPS) is 15.1. The third-order valence-corrected chi connectivity index (χ3v) is 4.18. The average Bonchev–Trinajstić information content (AvgIpc) is 2.61. The van der Waals surface area contributed by atoms with Gasteiger partial charge in [-0.2, -0.15) is 0 Å². The van der Waals surface area contributed by atoms with Gasteiger partial charge in [-0.3, -0.25) is 4.79 Å². The van der Waals surface area contributed by atoms with E-state index in [1.165, 1.54) is 5.56 Å². The average molecular weight is 355 g/mol. The largest absolute Gasteiger partial charge is 1.00 e. The number of aromatic nitrogens is 1. The first-order valence-corrected chi connectivity index (χ1v) is 7.23. The topological polar surface area (TPSA) is 53.5 Å². The van der Waals surface area contributed by atoms with E-state index < -0.39 is 5.97 Å². The van der Waals surface area contributed by atoms with Crippen LogP contribution < -0.4 is 21.5 Å². The molecule has 5 heteroatoms. The lowest BCUT2D eigenvalue weighted by Crippen LogP contribution is -3.00. The lowest BCUT2D eigenvalue weighted by atomic mass is 9.83. The van der Waals surface area contributed by atoms with Gasteiger partial charge in [0.2, 0.25) is 0 Å². The van der Waals surface area contributed by atoms with Crippen molar-refractivity contribution in [2.45, 2.75) is 58.4 Å². The number of halogens is 1. The van der Waals surface area contributed by atoms with Gasteiger partial charge in [-0.15, -0.1) is 0 Å². The molecule has 0 amide bonds. The van der Waals surface area contributed by atoms with E-state index in [4.69, 9.17) is 10.1 Å². The predicted molar refractivity (Wildman–Crippen MR) is 78.5 cm³/mol. The fourth-order valence-electron chi connectivity index (χ4n) is 2.56. The van der Waals surface area contributed by atoms with Gasteiger partial charge in [0.15, 0.2) is 0 Å². The van der Waals surface area contributed by atoms with Crippen LogP contribution in [-0.2, 0) is 16.8 Å². The van der Waals surface area contributed by atoms with Crippen LogP contribution in [0.5, 0.6) is 0 Å². The molecule has 0 atom stereocenters. The van der Waals surface area contributed by atoms with Crippen molar-refractivity contribution in [2.75, 3.05) is 0 Å². The Morgan fingerprint density at radius 3 is 2.71 bits per heavy atom. The van der Waals surface area contributed by atoms with Crippen molar-refractivity contribution in [1.82, 2.24) is 0 Å². The highest BCUT2D eigenvalue weighted by atomic mass is 79.9. The molecule has 21 heavy (non-hydrogen) atoms.